The lowest BCUT2D eigenvalue weighted by Crippen LogP contribution is -1.98. The van der Waals surface area contributed by atoms with E-state index in [0.717, 1.165) is 22.3 Å². The van der Waals surface area contributed by atoms with Crippen LogP contribution in [0.5, 0.6) is 11.5 Å². The fourth-order valence-corrected chi connectivity index (χ4v) is 2.71. The van der Waals surface area contributed by atoms with Crippen molar-refractivity contribution >= 4 is 33.5 Å². The van der Waals surface area contributed by atoms with Gasteiger partial charge in [0.15, 0.2) is 0 Å². The summed E-state index contributed by atoms with van der Waals surface area (Å²) < 4.78 is 10.1. The Labute approximate surface area is 161 Å². The first kappa shape index (κ1) is 18.9. The lowest BCUT2D eigenvalue weighted by Gasteiger charge is -2.04. The van der Waals surface area contributed by atoms with Crippen LogP contribution in [0, 0.1) is 0 Å². The van der Waals surface area contributed by atoms with Gasteiger partial charge in [0.05, 0.1) is 30.8 Å². The van der Waals surface area contributed by atoms with Crippen molar-refractivity contribution in [1.29, 1.82) is 0 Å². The number of rotatable bonds is 3. The number of carboxylic acid groups (broad SMARTS) is 1. The number of pyridine rings is 2. The Hall–Kier alpha value is -3.87. The number of carboxylic acids is 1. The van der Waals surface area contributed by atoms with E-state index < -0.39 is 5.97 Å². The summed E-state index contributed by atoms with van der Waals surface area (Å²) in [5, 5.41) is 10.5. The SMILES string of the molecule is COc1ccc2nccc(C(=O)O)c2c1.COc1ccc2nccc(N)c2c1. The maximum Gasteiger partial charge on any atom is 0.336 e. The number of hydrogen-bond acceptors (Lipinski definition) is 6. The average Bonchev–Trinajstić information content (AvgIpc) is 2.73. The summed E-state index contributed by atoms with van der Waals surface area (Å²) >= 11 is 0. The molecule has 0 bridgehead atoms. The largest absolute Gasteiger partial charge is 0.497 e. The summed E-state index contributed by atoms with van der Waals surface area (Å²) in [6.07, 6.45) is 3.18. The second-order valence-electron chi connectivity index (χ2n) is 5.83. The molecule has 2 aromatic heterocycles. The number of aromatic carboxylic acids is 1. The van der Waals surface area contributed by atoms with Crippen LogP contribution in [-0.4, -0.2) is 35.3 Å². The molecule has 28 heavy (non-hydrogen) atoms. The minimum atomic E-state index is -0.962. The zero-order valence-corrected chi connectivity index (χ0v) is 15.4. The van der Waals surface area contributed by atoms with E-state index >= 15 is 0 Å². The van der Waals surface area contributed by atoms with Crippen molar-refractivity contribution < 1.29 is 19.4 Å². The number of benzene rings is 2. The molecule has 0 saturated carbocycles. The number of aromatic nitrogens is 2. The first-order valence-corrected chi connectivity index (χ1v) is 8.37. The number of fused-ring (bicyclic) bond motifs is 2. The molecule has 0 unspecified atom stereocenters. The highest BCUT2D eigenvalue weighted by Crippen LogP contribution is 2.23. The lowest BCUT2D eigenvalue weighted by atomic mass is 10.1. The highest BCUT2D eigenvalue weighted by Gasteiger charge is 2.09. The predicted molar refractivity (Wildman–Crippen MR) is 108 cm³/mol. The van der Waals surface area contributed by atoms with Gasteiger partial charge < -0.3 is 20.3 Å². The van der Waals surface area contributed by atoms with Crippen molar-refractivity contribution in [3.8, 4) is 11.5 Å². The highest BCUT2D eigenvalue weighted by atomic mass is 16.5. The lowest BCUT2D eigenvalue weighted by molar-refractivity contribution is 0.0699. The molecule has 0 fully saturated rings. The van der Waals surface area contributed by atoms with Crippen LogP contribution in [0.25, 0.3) is 21.8 Å². The van der Waals surface area contributed by atoms with Gasteiger partial charge in [-0.05, 0) is 48.5 Å². The van der Waals surface area contributed by atoms with Gasteiger partial charge in [0.2, 0.25) is 0 Å². The molecule has 7 nitrogen and oxygen atoms in total. The molecule has 0 aliphatic carbocycles. The predicted octanol–water partition coefficient (Wildman–Crippen LogP) is 3.77. The Kier molecular flexibility index (Phi) is 5.55. The number of ether oxygens (including phenoxy) is 2. The van der Waals surface area contributed by atoms with Crippen molar-refractivity contribution in [2.24, 2.45) is 0 Å². The van der Waals surface area contributed by atoms with Gasteiger partial charge in [0, 0.05) is 28.9 Å². The number of nitrogens with zero attached hydrogens (tertiary/aromatic N) is 2. The molecule has 0 atom stereocenters. The third-order valence-corrected chi connectivity index (χ3v) is 4.16. The van der Waals surface area contributed by atoms with Crippen LogP contribution in [0.3, 0.4) is 0 Å². The molecule has 142 valence electrons. The normalized spacial score (nSPS) is 10.2. The first-order chi connectivity index (χ1) is 13.5. The van der Waals surface area contributed by atoms with E-state index in [-0.39, 0.29) is 5.56 Å². The van der Waals surface area contributed by atoms with Crippen LogP contribution in [-0.2, 0) is 0 Å². The Morgan fingerprint density at radius 2 is 1.39 bits per heavy atom. The number of nitrogen functional groups attached to an aromatic ring is 1. The molecular weight excluding hydrogens is 358 g/mol. The molecule has 0 radical (unpaired) electrons. The van der Waals surface area contributed by atoms with Crippen LogP contribution in [0.4, 0.5) is 5.69 Å². The smallest absolute Gasteiger partial charge is 0.336 e. The minimum absolute atomic E-state index is 0.235. The molecule has 0 aliphatic heterocycles. The number of anilines is 1. The summed E-state index contributed by atoms with van der Waals surface area (Å²) in [4.78, 5) is 19.2. The molecule has 7 heteroatoms. The Balaban J connectivity index is 0.000000162. The van der Waals surface area contributed by atoms with Crippen molar-refractivity contribution in [2.45, 2.75) is 0 Å². The number of methoxy groups -OCH3 is 2. The highest BCUT2D eigenvalue weighted by molar-refractivity contribution is 6.02. The van der Waals surface area contributed by atoms with Crippen LogP contribution in [0.15, 0.2) is 60.9 Å². The van der Waals surface area contributed by atoms with Crippen LogP contribution < -0.4 is 15.2 Å². The van der Waals surface area contributed by atoms with E-state index in [1.54, 1.807) is 37.6 Å². The molecule has 2 aromatic carbocycles. The second kappa shape index (κ2) is 8.22. The summed E-state index contributed by atoms with van der Waals surface area (Å²) in [5.74, 6) is 0.459. The van der Waals surface area contributed by atoms with Crippen molar-refractivity contribution in [1.82, 2.24) is 9.97 Å². The van der Waals surface area contributed by atoms with E-state index in [4.69, 9.17) is 20.3 Å². The fourth-order valence-electron chi connectivity index (χ4n) is 2.71. The monoisotopic (exact) mass is 377 g/mol. The van der Waals surface area contributed by atoms with Gasteiger partial charge in [-0.2, -0.15) is 0 Å². The van der Waals surface area contributed by atoms with Crippen LogP contribution in [0.2, 0.25) is 0 Å². The molecule has 3 N–H and O–H groups in total. The number of nitrogens with two attached hydrogens (primary N) is 1. The molecule has 4 aromatic rings. The molecule has 0 amide bonds. The maximum absolute atomic E-state index is 10.9. The van der Waals surface area contributed by atoms with Crippen molar-refractivity contribution in [3.05, 3.63) is 66.5 Å². The minimum Gasteiger partial charge on any atom is -0.497 e. The Morgan fingerprint density at radius 1 is 0.857 bits per heavy atom. The third-order valence-electron chi connectivity index (χ3n) is 4.16. The maximum atomic E-state index is 10.9. The van der Waals surface area contributed by atoms with Gasteiger partial charge in [-0.15, -0.1) is 0 Å². The summed E-state index contributed by atoms with van der Waals surface area (Å²) in [6.45, 7) is 0. The van der Waals surface area contributed by atoms with Gasteiger partial charge in [-0.25, -0.2) is 4.79 Å². The van der Waals surface area contributed by atoms with Gasteiger partial charge in [-0.1, -0.05) is 0 Å². The molecule has 2 heterocycles. The molecule has 0 aliphatic rings. The van der Waals surface area contributed by atoms with Gasteiger partial charge in [0.1, 0.15) is 11.5 Å². The van der Waals surface area contributed by atoms with Crippen LogP contribution in [0.1, 0.15) is 10.4 Å². The standard InChI is InChI=1S/C11H9NO3.C10H10N2O/c1-15-7-2-3-10-9(6-7)8(11(13)14)4-5-12-10;1-13-7-2-3-10-8(6-7)9(11)4-5-12-10/h2-6H,1H3,(H,13,14);2-6H,1H3,(H2,11,12). The van der Waals surface area contributed by atoms with Crippen molar-refractivity contribution in [3.63, 3.8) is 0 Å². The zero-order valence-electron chi connectivity index (χ0n) is 15.4. The van der Waals surface area contributed by atoms with E-state index in [2.05, 4.69) is 9.97 Å². The average molecular weight is 377 g/mol. The Bertz CT molecular complexity index is 1140. The van der Waals surface area contributed by atoms with E-state index in [1.807, 2.05) is 18.2 Å². The van der Waals surface area contributed by atoms with E-state index in [1.165, 1.54) is 19.4 Å². The third kappa shape index (κ3) is 3.93. The van der Waals surface area contributed by atoms with Gasteiger partial charge in [0.25, 0.3) is 0 Å². The molecule has 0 saturated heterocycles. The number of hydrogen-bond donors (Lipinski definition) is 2. The molecular formula is C21H19N3O4. The first-order valence-electron chi connectivity index (χ1n) is 8.37. The topological polar surface area (TPSA) is 108 Å². The summed E-state index contributed by atoms with van der Waals surface area (Å²) in [5.41, 5.74) is 8.28. The van der Waals surface area contributed by atoms with Crippen molar-refractivity contribution in [2.75, 3.05) is 20.0 Å². The number of carbonyl (C=O) groups is 1. The fraction of sp³-hybridized carbons (Fsp3) is 0.0952. The van der Waals surface area contributed by atoms with Gasteiger partial charge in [-0.3, -0.25) is 9.97 Å². The molecule has 0 spiro atoms. The summed E-state index contributed by atoms with van der Waals surface area (Å²) in [7, 11) is 3.17. The van der Waals surface area contributed by atoms with E-state index in [9.17, 15) is 4.79 Å². The Morgan fingerprint density at radius 3 is 1.96 bits per heavy atom. The summed E-state index contributed by atoms with van der Waals surface area (Å²) in [6, 6.07) is 14.1. The van der Waals surface area contributed by atoms with E-state index in [0.29, 0.717) is 16.7 Å². The van der Waals surface area contributed by atoms with Crippen LogP contribution >= 0.6 is 0 Å². The van der Waals surface area contributed by atoms with Gasteiger partial charge >= 0.3 is 5.97 Å². The second-order valence-corrected chi connectivity index (χ2v) is 5.83. The quantitative estimate of drug-likeness (QED) is 0.559. The zero-order chi connectivity index (χ0) is 20.1. The molecule has 4 rings (SSSR count).